The molecule has 0 aromatic heterocycles. The molecule has 0 atom stereocenters. The van der Waals surface area contributed by atoms with E-state index in [2.05, 4.69) is 65.0 Å². The topological polar surface area (TPSA) is 0 Å². The van der Waals surface area contributed by atoms with Gasteiger partial charge in [-0.1, -0.05) is 90.6 Å². The Morgan fingerprint density at radius 3 is 1.50 bits per heavy atom. The SMILES string of the molecule is CC(C)(C)c1ccccc1.CCCCCC. The average Bonchev–Trinajstić information content (AvgIpc) is 2.27. The summed E-state index contributed by atoms with van der Waals surface area (Å²) in [6.07, 6.45) is 5.54. The summed E-state index contributed by atoms with van der Waals surface area (Å²) in [5.74, 6) is 0. The Labute approximate surface area is 102 Å². The van der Waals surface area contributed by atoms with Crippen molar-refractivity contribution in [1.29, 1.82) is 0 Å². The zero-order valence-electron chi connectivity index (χ0n) is 11.7. The summed E-state index contributed by atoms with van der Waals surface area (Å²) in [6, 6.07) is 10.6. The van der Waals surface area contributed by atoms with Crippen molar-refractivity contribution in [3.05, 3.63) is 35.9 Å². The van der Waals surface area contributed by atoms with Crippen LogP contribution >= 0.6 is 0 Å². The van der Waals surface area contributed by atoms with Crippen LogP contribution in [-0.4, -0.2) is 0 Å². The molecule has 1 aromatic carbocycles. The quantitative estimate of drug-likeness (QED) is 0.584. The smallest absolute Gasteiger partial charge is 0.0132 e. The van der Waals surface area contributed by atoms with Gasteiger partial charge >= 0.3 is 0 Å². The van der Waals surface area contributed by atoms with Crippen LogP contribution in [0.2, 0.25) is 0 Å². The fourth-order valence-corrected chi connectivity index (χ4v) is 1.44. The van der Waals surface area contributed by atoms with E-state index in [1.165, 1.54) is 31.2 Å². The Balaban J connectivity index is 0.000000325. The van der Waals surface area contributed by atoms with Crippen LogP contribution in [0.3, 0.4) is 0 Å². The van der Waals surface area contributed by atoms with E-state index in [9.17, 15) is 0 Å². The lowest BCUT2D eigenvalue weighted by Gasteiger charge is -2.18. The molecule has 0 spiro atoms. The lowest BCUT2D eigenvalue weighted by Crippen LogP contribution is -2.10. The van der Waals surface area contributed by atoms with Crippen molar-refractivity contribution in [2.75, 3.05) is 0 Å². The van der Waals surface area contributed by atoms with Gasteiger partial charge in [0.1, 0.15) is 0 Å². The third-order valence-corrected chi connectivity index (χ3v) is 2.60. The zero-order valence-corrected chi connectivity index (χ0v) is 11.7. The van der Waals surface area contributed by atoms with Gasteiger partial charge in [-0.2, -0.15) is 0 Å². The summed E-state index contributed by atoms with van der Waals surface area (Å²) in [6.45, 7) is 11.1. The van der Waals surface area contributed by atoms with Crippen molar-refractivity contribution in [3.8, 4) is 0 Å². The lowest BCUT2D eigenvalue weighted by molar-refractivity contribution is 0.590. The molecule has 0 amide bonds. The van der Waals surface area contributed by atoms with Gasteiger partial charge < -0.3 is 0 Å². The van der Waals surface area contributed by atoms with E-state index in [0.29, 0.717) is 5.41 Å². The van der Waals surface area contributed by atoms with Gasteiger partial charge in [0.25, 0.3) is 0 Å². The van der Waals surface area contributed by atoms with Gasteiger partial charge in [0, 0.05) is 0 Å². The second kappa shape index (κ2) is 8.38. The molecule has 0 heterocycles. The lowest BCUT2D eigenvalue weighted by atomic mass is 9.87. The zero-order chi connectivity index (χ0) is 12.4. The van der Waals surface area contributed by atoms with Gasteiger partial charge in [-0.05, 0) is 11.0 Å². The van der Waals surface area contributed by atoms with Crippen LogP contribution in [0.1, 0.15) is 65.9 Å². The number of hydrogen-bond donors (Lipinski definition) is 0. The second-order valence-electron chi connectivity index (χ2n) is 5.32. The highest BCUT2D eigenvalue weighted by molar-refractivity contribution is 5.21. The van der Waals surface area contributed by atoms with Crippen LogP contribution in [0.4, 0.5) is 0 Å². The normalized spacial score (nSPS) is 10.6. The molecule has 0 unspecified atom stereocenters. The van der Waals surface area contributed by atoms with Crippen LogP contribution in [0.15, 0.2) is 30.3 Å². The Morgan fingerprint density at radius 2 is 1.25 bits per heavy atom. The Hall–Kier alpha value is -0.780. The van der Waals surface area contributed by atoms with Crippen molar-refractivity contribution in [1.82, 2.24) is 0 Å². The third kappa shape index (κ3) is 7.50. The van der Waals surface area contributed by atoms with Crippen molar-refractivity contribution >= 4 is 0 Å². The molecule has 1 aromatic rings. The first-order chi connectivity index (χ1) is 7.52. The van der Waals surface area contributed by atoms with Crippen molar-refractivity contribution in [3.63, 3.8) is 0 Å². The fourth-order valence-electron chi connectivity index (χ4n) is 1.44. The van der Waals surface area contributed by atoms with Crippen LogP contribution in [0.25, 0.3) is 0 Å². The van der Waals surface area contributed by atoms with E-state index in [1.807, 2.05) is 0 Å². The number of hydrogen-bond acceptors (Lipinski definition) is 0. The minimum atomic E-state index is 0.293. The first kappa shape index (κ1) is 15.2. The molecule has 0 nitrogen and oxygen atoms in total. The van der Waals surface area contributed by atoms with Crippen LogP contribution < -0.4 is 0 Å². The van der Waals surface area contributed by atoms with Gasteiger partial charge in [0.2, 0.25) is 0 Å². The third-order valence-electron chi connectivity index (χ3n) is 2.60. The minimum absolute atomic E-state index is 0.293. The summed E-state index contributed by atoms with van der Waals surface area (Å²) in [7, 11) is 0. The predicted molar refractivity (Wildman–Crippen MR) is 75.0 cm³/mol. The molecule has 0 bridgehead atoms. The molecule has 16 heavy (non-hydrogen) atoms. The summed E-state index contributed by atoms with van der Waals surface area (Å²) in [5, 5.41) is 0. The highest BCUT2D eigenvalue weighted by atomic mass is 14.2. The first-order valence-electron chi connectivity index (χ1n) is 6.57. The van der Waals surface area contributed by atoms with Crippen molar-refractivity contribution in [2.45, 2.75) is 65.7 Å². The molecule has 0 radical (unpaired) electrons. The fraction of sp³-hybridized carbons (Fsp3) is 0.625. The molecular weight excluding hydrogens is 192 g/mol. The Kier molecular flexibility index (Phi) is 7.97. The molecule has 0 saturated carbocycles. The maximum absolute atomic E-state index is 2.23. The second-order valence-corrected chi connectivity index (χ2v) is 5.32. The maximum atomic E-state index is 2.23. The van der Waals surface area contributed by atoms with E-state index in [1.54, 1.807) is 0 Å². The first-order valence-corrected chi connectivity index (χ1v) is 6.57. The average molecular weight is 220 g/mol. The predicted octanol–water partition coefficient (Wildman–Crippen LogP) is 5.57. The summed E-state index contributed by atoms with van der Waals surface area (Å²) in [4.78, 5) is 0. The standard InChI is InChI=1S/C10H14.C6H14/c1-10(2,3)9-7-5-4-6-8-9;1-3-5-6-4-2/h4-8H,1-3H3;3-6H2,1-2H3. The molecule has 0 aliphatic rings. The molecular formula is C16H28. The largest absolute Gasteiger partial charge is 0.0654 e. The van der Waals surface area contributed by atoms with E-state index in [-0.39, 0.29) is 0 Å². The van der Waals surface area contributed by atoms with Gasteiger partial charge in [-0.25, -0.2) is 0 Å². The number of rotatable bonds is 3. The molecule has 0 heteroatoms. The molecule has 0 aliphatic heterocycles. The summed E-state index contributed by atoms with van der Waals surface area (Å²) < 4.78 is 0. The highest BCUT2D eigenvalue weighted by Gasteiger charge is 2.11. The highest BCUT2D eigenvalue weighted by Crippen LogP contribution is 2.20. The van der Waals surface area contributed by atoms with Gasteiger partial charge in [0.15, 0.2) is 0 Å². The van der Waals surface area contributed by atoms with Gasteiger partial charge in [0.05, 0.1) is 0 Å². The van der Waals surface area contributed by atoms with Gasteiger partial charge in [-0.3, -0.25) is 0 Å². The summed E-state index contributed by atoms with van der Waals surface area (Å²) in [5.41, 5.74) is 1.69. The molecule has 0 fully saturated rings. The Bertz CT molecular complexity index is 236. The minimum Gasteiger partial charge on any atom is -0.0654 e. The maximum Gasteiger partial charge on any atom is -0.0132 e. The Morgan fingerprint density at radius 1 is 0.812 bits per heavy atom. The number of unbranched alkanes of at least 4 members (excludes halogenated alkanes) is 3. The molecule has 0 aliphatic carbocycles. The van der Waals surface area contributed by atoms with Crippen LogP contribution in [0, 0.1) is 0 Å². The molecule has 1 rings (SSSR count). The van der Waals surface area contributed by atoms with Crippen LogP contribution in [-0.2, 0) is 5.41 Å². The molecule has 0 saturated heterocycles. The van der Waals surface area contributed by atoms with Crippen LogP contribution in [0.5, 0.6) is 0 Å². The van der Waals surface area contributed by atoms with Gasteiger partial charge in [-0.15, -0.1) is 0 Å². The van der Waals surface area contributed by atoms with E-state index in [4.69, 9.17) is 0 Å². The number of benzene rings is 1. The molecule has 92 valence electrons. The summed E-state index contributed by atoms with van der Waals surface area (Å²) >= 11 is 0. The molecule has 0 N–H and O–H groups in total. The monoisotopic (exact) mass is 220 g/mol. The van der Waals surface area contributed by atoms with E-state index < -0.39 is 0 Å². The van der Waals surface area contributed by atoms with E-state index in [0.717, 1.165) is 0 Å². The van der Waals surface area contributed by atoms with Crippen molar-refractivity contribution < 1.29 is 0 Å². The van der Waals surface area contributed by atoms with Crippen molar-refractivity contribution in [2.24, 2.45) is 0 Å². The van der Waals surface area contributed by atoms with E-state index >= 15 is 0 Å².